The van der Waals surface area contributed by atoms with Gasteiger partial charge in [-0.25, -0.2) is 9.07 Å². The molecule has 4 rings (SSSR count). The number of benzene rings is 1. The van der Waals surface area contributed by atoms with Crippen molar-refractivity contribution in [3.8, 4) is 23.1 Å². The Morgan fingerprint density at radius 1 is 1.19 bits per heavy atom. The highest BCUT2D eigenvalue weighted by molar-refractivity contribution is 5.94. The average Bonchev–Trinajstić information content (AvgIpc) is 3.16. The topological polar surface area (TPSA) is 98.0 Å². The summed E-state index contributed by atoms with van der Waals surface area (Å²) >= 11 is 0. The molecule has 1 N–H and O–H groups in total. The molecular formula is C22H21FN6O2. The van der Waals surface area contributed by atoms with Crippen LogP contribution in [0.15, 0.2) is 41.3 Å². The molecule has 158 valence electrons. The molecule has 8 nitrogen and oxygen atoms in total. The molecule has 0 bridgehead atoms. The number of hydrogen-bond acceptors (Lipinski definition) is 5. The van der Waals surface area contributed by atoms with Gasteiger partial charge in [0.05, 0.1) is 22.5 Å². The third-order valence-corrected chi connectivity index (χ3v) is 5.36. The zero-order valence-electron chi connectivity index (χ0n) is 17.2. The Morgan fingerprint density at radius 3 is 2.58 bits per heavy atom. The molecule has 2 aromatic heterocycles. The van der Waals surface area contributed by atoms with Crippen LogP contribution in [0, 0.1) is 24.1 Å². The maximum atomic E-state index is 14.6. The number of hydrogen-bond donors (Lipinski definition) is 1. The number of carbonyl (C=O) groups excluding carboxylic acids is 1. The minimum absolute atomic E-state index is 0.0327. The molecule has 0 spiro atoms. The van der Waals surface area contributed by atoms with Gasteiger partial charge in [-0.15, -0.1) is 0 Å². The average molecular weight is 420 g/mol. The van der Waals surface area contributed by atoms with Crippen molar-refractivity contribution in [1.29, 1.82) is 5.26 Å². The van der Waals surface area contributed by atoms with Crippen molar-refractivity contribution >= 4 is 5.91 Å². The molecule has 1 amide bonds. The number of amides is 1. The smallest absolute Gasteiger partial charge is 0.271 e. The maximum Gasteiger partial charge on any atom is 0.271 e. The molecule has 1 aliphatic rings. The van der Waals surface area contributed by atoms with Gasteiger partial charge in [-0.2, -0.15) is 5.26 Å². The number of nitriles is 1. The SMILES string of the molecule is Cc1cc(C#N)c(F)c(-n2[nH]c(-c3ccc(C(=O)N4CCN(C)CC4)cn3)cc2=O)c1. The molecule has 1 aliphatic heterocycles. The summed E-state index contributed by atoms with van der Waals surface area (Å²) in [7, 11) is 2.02. The Morgan fingerprint density at radius 2 is 1.94 bits per heavy atom. The van der Waals surface area contributed by atoms with Crippen molar-refractivity contribution in [2.24, 2.45) is 0 Å². The van der Waals surface area contributed by atoms with Crippen molar-refractivity contribution in [3.63, 3.8) is 0 Å². The number of aromatic amines is 1. The van der Waals surface area contributed by atoms with E-state index in [1.807, 2.05) is 7.05 Å². The Labute approximate surface area is 178 Å². The van der Waals surface area contributed by atoms with Crippen LogP contribution in [0.1, 0.15) is 21.5 Å². The van der Waals surface area contributed by atoms with Gasteiger partial charge in [0.15, 0.2) is 5.82 Å². The van der Waals surface area contributed by atoms with E-state index in [1.165, 1.54) is 24.4 Å². The second-order valence-corrected chi connectivity index (χ2v) is 7.63. The fourth-order valence-electron chi connectivity index (χ4n) is 3.57. The van der Waals surface area contributed by atoms with Crippen LogP contribution in [0.3, 0.4) is 0 Å². The number of likely N-dealkylation sites (N-methyl/N-ethyl adjacent to an activating group) is 1. The third kappa shape index (κ3) is 3.98. The number of aromatic nitrogens is 3. The van der Waals surface area contributed by atoms with Gasteiger partial charge in [0, 0.05) is 38.4 Å². The predicted octanol–water partition coefficient (Wildman–Crippen LogP) is 1.93. The number of aryl methyl sites for hydroxylation is 1. The Hall–Kier alpha value is -3.77. The summed E-state index contributed by atoms with van der Waals surface area (Å²) in [6, 6.07) is 9.32. The molecule has 3 aromatic rings. The highest BCUT2D eigenvalue weighted by atomic mass is 19.1. The van der Waals surface area contributed by atoms with E-state index in [9.17, 15) is 14.0 Å². The van der Waals surface area contributed by atoms with E-state index in [0.29, 0.717) is 35.6 Å². The number of H-pyrrole nitrogens is 1. The van der Waals surface area contributed by atoms with Gasteiger partial charge in [0.1, 0.15) is 11.8 Å². The molecule has 9 heteroatoms. The molecule has 3 heterocycles. The molecule has 1 fully saturated rings. The first-order valence-electron chi connectivity index (χ1n) is 9.84. The van der Waals surface area contributed by atoms with Gasteiger partial charge in [-0.05, 0) is 43.8 Å². The summed E-state index contributed by atoms with van der Waals surface area (Å²) in [5, 5.41) is 12.0. The standard InChI is InChI=1S/C22H21FN6O2/c1-14-9-16(12-24)21(23)19(10-14)29-20(30)11-18(26-29)17-4-3-15(13-25-17)22(31)28-7-5-27(2)6-8-28/h3-4,9-11,13,26H,5-8H2,1-2H3. The molecule has 0 saturated carbocycles. The number of nitrogens with zero attached hydrogens (tertiary/aromatic N) is 5. The van der Waals surface area contributed by atoms with Crippen LogP contribution in [0.25, 0.3) is 17.1 Å². The molecule has 0 unspecified atom stereocenters. The number of nitrogens with one attached hydrogen (secondary N) is 1. The van der Waals surface area contributed by atoms with Crippen molar-refractivity contribution in [1.82, 2.24) is 24.6 Å². The minimum atomic E-state index is -0.773. The number of halogens is 1. The first-order valence-corrected chi connectivity index (χ1v) is 9.84. The van der Waals surface area contributed by atoms with E-state index < -0.39 is 11.4 Å². The van der Waals surface area contributed by atoms with Crippen molar-refractivity contribution in [3.05, 3.63) is 69.4 Å². The summed E-state index contributed by atoms with van der Waals surface area (Å²) in [6.45, 7) is 4.71. The summed E-state index contributed by atoms with van der Waals surface area (Å²) in [5.41, 5.74) is 1.29. The van der Waals surface area contributed by atoms with Crippen LogP contribution in [0.4, 0.5) is 4.39 Å². The highest BCUT2D eigenvalue weighted by Crippen LogP contribution is 2.20. The molecule has 0 atom stereocenters. The summed E-state index contributed by atoms with van der Waals surface area (Å²) in [5.74, 6) is -0.853. The third-order valence-electron chi connectivity index (χ3n) is 5.36. The fourth-order valence-corrected chi connectivity index (χ4v) is 3.57. The Balaban J connectivity index is 1.61. The van der Waals surface area contributed by atoms with Gasteiger partial charge in [0.2, 0.25) is 0 Å². The lowest BCUT2D eigenvalue weighted by Gasteiger charge is -2.32. The molecule has 31 heavy (non-hydrogen) atoms. The molecule has 1 saturated heterocycles. The molecule has 1 aromatic carbocycles. The highest BCUT2D eigenvalue weighted by Gasteiger charge is 2.21. The summed E-state index contributed by atoms with van der Waals surface area (Å²) in [4.78, 5) is 33.4. The van der Waals surface area contributed by atoms with Crippen molar-refractivity contribution < 1.29 is 9.18 Å². The minimum Gasteiger partial charge on any atom is -0.336 e. The van der Waals surface area contributed by atoms with Gasteiger partial charge < -0.3 is 9.80 Å². The van der Waals surface area contributed by atoms with Gasteiger partial charge in [-0.1, -0.05) is 0 Å². The van der Waals surface area contributed by atoms with E-state index >= 15 is 0 Å². The number of rotatable bonds is 3. The van der Waals surface area contributed by atoms with Crippen molar-refractivity contribution in [2.45, 2.75) is 6.92 Å². The van der Waals surface area contributed by atoms with Gasteiger partial charge in [0.25, 0.3) is 11.5 Å². The lowest BCUT2D eigenvalue weighted by molar-refractivity contribution is 0.0663. The van der Waals surface area contributed by atoms with E-state index in [2.05, 4.69) is 15.0 Å². The lowest BCUT2D eigenvalue weighted by Crippen LogP contribution is -2.47. The molecular weight excluding hydrogens is 399 g/mol. The van der Waals surface area contributed by atoms with E-state index in [1.54, 1.807) is 30.0 Å². The summed E-state index contributed by atoms with van der Waals surface area (Å²) < 4.78 is 15.7. The maximum absolute atomic E-state index is 14.6. The number of pyridine rings is 1. The first kappa shape index (κ1) is 20.5. The van der Waals surface area contributed by atoms with Gasteiger partial charge >= 0.3 is 0 Å². The molecule has 0 aliphatic carbocycles. The van der Waals surface area contributed by atoms with Crippen LogP contribution in [0.2, 0.25) is 0 Å². The second-order valence-electron chi connectivity index (χ2n) is 7.63. The zero-order valence-corrected chi connectivity index (χ0v) is 17.2. The largest absolute Gasteiger partial charge is 0.336 e. The number of piperazine rings is 1. The van der Waals surface area contributed by atoms with E-state index in [-0.39, 0.29) is 17.2 Å². The van der Waals surface area contributed by atoms with Crippen LogP contribution in [-0.4, -0.2) is 63.7 Å². The molecule has 0 radical (unpaired) electrons. The van der Waals surface area contributed by atoms with E-state index in [4.69, 9.17) is 5.26 Å². The zero-order chi connectivity index (χ0) is 22.1. The predicted molar refractivity (Wildman–Crippen MR) is 112 cm³/mol. The lowest BCUT2D eigenvalue weighted by atomic mass is 10.1. The Kier molecular flexibility index (Phi) is 5.40. The normalized spacial score (nSPS) is 14.5. The van der Waals surface area contributed by atoms with Crippen LogP contribution in [0.5, 0.6) is 0 Å². The Bertz CT molecular complexity index is 1230. The quantitative estimate of drug-likeness (QED) is 0.698. The number of carbonyl (C=O) groups is 1. The monoisotopic (exact) mass is 420 g/mol. The van der Waals surface area contributed by atoms with Crippen LogP contribution >= 0.6 is 0 Å². The van der Waals surface area contributed by atoms with Crippen LogP contribution in [-0.2, 0) is 0 Å². The van der Waals surface area contributed by atoms with Crippen molar-refractivity contribution in [2.75, 3.05) is 33.2 Å². The first-order chi connectivity index (χ1) is 14.9. The fraction of sp³-hybridized carbons (Fsp3) is 0.273. The second kappa shape index (κ2) is 8.16. The van der Waals surface area contributed by atoms with E-state index in [0.717, 1.165) is 17.8 Å². The van der Waals surface area contributed by atoms with Gasteiger partial charge in [-0.3, -0.25) is 19.7 Å². The van der Waals surface area contributed by atoms with Crippen LogP contribution < -0.4 is 5.56 Å². The summed E-state index contributed by atoms with van der Waals surface area (Å²) in [6.07, 6.45) is 1.48.